The summed E-state index contributed by atoms with van der Waals surface area (Å²) in [6, 6.07) is 1.97. The largest absolute Gasteiger partial charge is 0.377 e. The summed E-state index contributed by atoms with van der Waals surface area (Å²) in [4.78, 5) is 14.7. The summed E-state index contributed by atoms with van der Waals surface area (Å²) in [6.45, 7) is 4.29. The van der Waals surface area contributed by atoms with Crippen LogP contribution in [0.5, 0.6) is 0 Å². The molecule has 0 saturated carbocycles. The lowest BCUT2D eigenvalue weighted by Gasteiger charge is -2.34. The molecule has 0 spiro atoms. The van der Waals surface area contributed by atoms with Crippen LogP contribution in [0.25, 0.3) is 0 Å². The summed E-state index contributed by atoms with van der Waals surface area (Å²) in [7, 11) is 1.65. The van der Waals surface area contributed by atoms with E-state index in [-0.39, 0.29) is 0 Å². The minimum absolute atomic E-state index is 0.340. The Kier molecular flexibility index (Phi) is 6.26. The van der Waals surface area contributed by atoms with Crippen LogP contribution >= 0.6 is 0 Å². The standard InChI is InChI=1S/C18H29N3O3/c1-23-13-17-11-16(20-24-17)9-15-12-19-6-5-14(15)10-18(22)21-7-3-2-4-8-21/h11,14-15,19H,2-10,12-13H2,1H3. The number of hydrogen-bond acceptors (Lipinski definition) is 5. The van der Waals surface area contributed by atoms with Crippen molar-refractivity contribution < 1.29 is 14.1 Å². The van der Waals surface area contributed by atoms with Gasteiger partial charge in [-0.25, -0.2) is 0 Å². The van der Waals surface area contributed by atoms with E-state index in [0.717, 1.165) is 63.3 Å². The number of carbonyl (C=O) groups is 1. The number of ether oxygens (including phenoxy) is 1. The summed E-state index contributed by atoms with van der Waals surface area (Å²) in [5.74, 6) is 1.97. The van der Waals surface area contributed by atoms with E-state index < -0.39 is 0 Å². The van der Waals surface area contributed by atoms with Crippen LogP contribution in [0, 0.1) is 11.8 Å². The summed E-state index contributed by atoms with van der Waals surface area (Å²) >= 11 is 0. The number of piperidine rings is 2. The molecule has 2 unspecified atom stereocenters. The molecule has 1 N–H and O–H groups in total. The third-order valence-electron chi connectivity index (χ3n) is 5.28. The zero-order valence-electron chi connectivity index (χ0n) is 14.6. The molecule has 1 amide bonds. The van der Waals surface area contributed by atoms with E-state index in [0.29, 0.717) is 30.8 Å². The first-order valence-corrected chi connectivity index (χ1v) is 9.18. The molecule has 0 radical (unpaired) electrons. The van der Waals surface area contributed by atoms with Crippen molar-refractivity contribution in [3.05, 3.63) is 17.5 Å². The molecule has 6 nitrogen and oxygen atoms in total. The van der Waals surface area contributed by atoms with Crippen LogP contribution < -0.4 is 5.32 Å². The lowest BCUT2D eigenvalue weighted by Crippen LogP contribution is -2.42. The van der Waals surface area contributed by atoms with Gasteiger partial charge in [-0.15, -0.1) is 0 Å². The van der Waals surface area contributed by atoms with Gasteiger partial charge in [0, 0.05) is 32.7 Å². The SMILES string of the molecule is COCc1cc(CC2CNCCC2CC(=O)N2CCCCC2)no1. The van der Waals surface area contributed by atoms with Gasteiger partial charge in [-0.2, -0.15) is 0 Å². The van der Waals surface area contributed by atoms with Crippen molar-refractivity contribution in [3.63, 3.8) is 0 Å². The van der Waals surface area contributed by atoms with Crippen molar-refractivity contribution >= 4 is 5.91 Å². The first-order chi connectivity index (χ1) is 11.8. The molecule has 2 atom stereocenters. The summed E-state index contributed by atoms with van der Waals surface area (Å²) in [5.41, 5.74) is 0.964. The molecule has 6 heteroatoms. The van der Waals surface area contributed by atoms with Crippen molar-refractivity contribution in [3.8, 4) is 0 Å². The minimum Gasteiger partial charge on any atom is -0.377 e. The second-order valence-corrected chi connectivity index (χ2v) is 7.08. The number of methoxy groups -OCH3 is 1. The van der Waals surface area contributed by atoms with Gasteiger partial charge in [0.2, 0.25) is 5.91 Å². The maximum atomic E-state index is 12.6. The quantitative estimate of drug-likeness (QED) is 0.861. The molecule has 1 aromatic rings. The lowest BCUT2D eigenvalue weighted by molar-refractivity contribution is -0.133. The smallest absolute Gasteiger partial charge is 0.222 e. The monoisotopic (exact) mass is 335 g/mol. The molecule has 2 aliphatic rings. The Morgan fingerprint density at radius 1 is 1.38 bits per heavy atom. The van der Waals surface area contributed by atoms with Gasteiger partial charge >= 0.3 is 0 Å². The fraction of sp³-hybridized carbons (Fsp3) is 0.778. The van der Waals surface area contributed by atoms with E-state index in [9.17, 15) is 4.79 Å². The minimum atomic E-state index is 0.340. The predicted molar refractivity (Wildman–Crippen MR) is 90.4 cm³/mol. The Balaban J connectivity index is 1.56. The van der Waals surface area contributed by atoms with Crippen LogP contribution in [0.4, 0.5) is 0 Å². The maximum Gasteiger partial charge on any atom is 0.222 e. The van der Waals surface area contributed by atoms with Gasteiger partial charge in [-0.3, -0.25) is 4.79 Å². The first kappa shape index (κ1) is 17.4. The predicted octanol–water partition coefficient (Wildman–Crippen LogP) is 1.99. The van der Waals surface area contributed by atoms with Crippen LogP contribution in [0.2, 0.25) is 0 Å². The lowest BCUT2D eigenvalue weighted by atomic mass is 9.81. The summed E-state index contributed by atoms with van der Waals surface area (Å²) < 4.78 is 10.4. The molecule has 2 saturated heterocycles. The number of nitrogens with one attached hydrogen (secondary N) is 1. The highest BCUT2D eigenvalue weighted by atomic mass is 16.5. The topological polar surface area (TPSA) is 67.6 Å². The first-order valence-electron chi connectivity index (χ1n) is 9.18. The number of carbonyl (C=O) groups excluding carboxylic acids is 1. The van der Waals surface area contributed by atoms with Gasteiger partial charge in [0.15, 0.2) is 5.76 Å². The number of nitrogens with zero attached hydrogens (tertiary/aromatic N) is 2. The van der Waals surface area contributed by atoms with Gasteiger partial charge < -0.3 is 19.5 Å². The van der Waals surface area contributed by atoms with E-state index in [4.69, 9.17) is 9.26 Å². The number of amides is 1. The van der Waals surface area contributed by atoms with Crippen molar-refractivity contribution in [1.29, 1.82) is 0 Å². The Morgan fingerprint density at radius 2 is 2.21 bits per heavy atom. The number of likely N-dealkylation sites (tertiary alicyclic amines) is 1. The molecule has 0 bridgehead atoms. The normalized spacial score (nSPS) is 25.0. The molecule has 3 rings (SSSR count). The Hall–Kier alpha value is -1.40. The summed E-state index contributed by atoms with van der Waals surface area (Å²) in [5, 5.41) is 7.62. The van der Waals surface area contributed by atoms with Crippen LogP contribution in [0.1, 0.15) is 43.6 Å². The molecule has 0 aliphatic carbocycles. The summed E-state index contributed by atoms with van der Waals surface area (Å²) in [6.07, 6.45) is 6.17. The van der Waals surface area contributed by atoms with E-state index in [1.54, 1.807) is 7.11 Å². The number of aromatic nitrogens is 1. The van der Waals surface area contributed by atoms with Gasteiger partial charge in [0.1, 0.15) is 6.61 Å². The molecule has 2 aliphatic heterocycles. The van der Waals surface area contributed by atoms with Crippen molar-refractivity contribution in [2.24, 2.45) is 11.8 Å². The molecular formula is C18H29N3O3. The zero-order chi connectivity index (χ0) is 16.8. The fourth-order valence-electron chi connectivity index (χ4n) is 3.91. The van der Waals surface area contributed by atoms with Gasteiger partial charge in [-0.1, -0.05) is 5.16 Å². The second kappa shape index (κ2) is 8.62. The van der Waals surface area contributed by atoms with E-state index >= 15 is 0 Å². The Morgan fingerprint density at radius 3 is 3.00 bits per heavy atom. The fourth-order valence-corrected chi connectivity index (χ4v) is 3.91. The second-order valence-electron chi connectivity index (χ2n) is 7.08. The van der Waals surface area contributed by atoms with E-state index in [1.165, 1.54) is 6.42 Å². The van der Waals surface area contributed by atoms with Crippen LogP contribution in [0.15, 0.2) is 10.6 Å². The van der Waals surface area contributed by atoms with Gasteiger partial charge in [0.05, 0.1) is 5.69 Å². The molecule has 134 valence electrons. The van der Waals surface area contributed by atoms with Gasteiger partial charge in [-0.05, 0) is 57.0 Å². The average Bonchev–Trinajstić information content (AvgIpc) is 3.05. The van der Waals surface area contributed by atoms with Crippen LogP contribution in [0.3, 0.4) is 0 Å². The van der Waals surface area contributed by atoms with Crippen molar-refractivity contribution in [2.75, 3.05) is 33.3 Å². The van der Waals surface area contributed by atoms with Crippen molar-refractivity contribution in [2.45, 2.75) is 45.1 Å². The molecule has 1 aromatic heterocycles. The zero-order valence-corrected chi connectivity index (χ0v) is 14.6. The Labute approximate surface area is 143 Å². The molecule has 2 fully saturated rings. The average molecular weight is 335 g/mol. The van der Waals surface area contributed by atoms with Crippen LogP contribution in [-0.4, -0.2) is 49.3 Å². The van der Waals surface area contributed by atoms with Crippen LogP contribution in [-0.2, 0) is 22.6 Å². The molecule has 24 heavy (non-hydrogen) atoms. The van der Waals surface area contributed by atoms with E-state index in [2.05, 4.69) is 15.4 Å². The molecular weight excluding hydrogens is 306 g/mol. The third-order valence-corrected chi connectivity index (χ3v) is 5.28. The molecule has 3 heterocycles. The number of rotatable bonds is 6. The highest BCUT2D eigenvalue weighted by Crippen LogP contribution is 2.27. The number of hydrogen-bond donors (Lipinski definition) is 1. The van der Waals surface area contributed by atoms with E-state index in [1.807, 2.05) is 6.07 Å². The highest BCUT2D eigenvalue weighted by molar-refractivity contribution is 5.76. The maximum absolute atomic E-state index is 12.6. The third kappa shape index (κ3) is 4.57. The Bertz CT molecular complexity index is 525. The molecule has 0 aromatic carbocycles. The highest BCUT2D eigenvalue weighted by Gasteiger charge is 2.30. The van der Waals surface area contributed by atoms with Gasteiger partial charge in [0.25, 0.3) is 0 Å². The van der Waals surface area contributed by atoms with Crippen molar-refractivity contribution in [1.82, 2.24) is 15.4 Å².